The van der Waals surface area contributed by atoms with Gasteiger partial charge < -0.3 is 4.18 Å². The normalized spacial score (nSPS) is 11.1. The SMILES string of the molecule is Cc1ccc(S(=O)(=O)Oc2ccc(-c3ccc([N+](=O)[O-])cc3)cc2)cc1. The number of nitrogens with zero attached hydrogens (tertiary/aromatic N) is 1. The number of nitro benzene ring substituents is 1. The zero-order valence-electron chi connectivity index (χ0n) is 13.8. The predicted octanol–water partition coefficient (Wildman–Crippen LogP) is 4.34. The summed E-state index contributed by atoms with van der Waals surface area (Å²) in [6.07, 6.45) is 0. The maximum Gasteiger partial charge on any atom is 0.339 e. The summed E-state index contributed by atoms with van der Waals surface area (Å²) in [6, 6.07) is 19.0. The summed E-state index contributed by atoms with van der Waals surface area (Å²) in [4.78, 5) is 10.3. The van der Waals surface area contributed by atoms with Crippen LogP contribution in [0.1, 0.15) is 5.56 Å². The summed E-state index contributed by atoms with van der Waals surface area (Å²) in [6.45, 7) is 1.87. The van der Waals surface area contributed by atoms with E-state index < -0.39 is 15.0 Å². The van der Waals surface area contributed by atoms with Crippen LogP contribution in [0.4, 0.5) is 5.69 Å². The number of rotatable bonds is 5. The van der Waals surface area contributed by atoms with E-state index >= 15 is 0 Å². The molecule has 3 aromatic carbocycles. The Balaban J connectivity index is 1.79. The quantitative estimate of drug-likeness (QED) is 0.379. The number of benzene rings is 3. The van der Waals surface area contributed by atoms with Crippen molar-refractivity contribution < 1.29 is 17.5 Å². The molecule has 0 unspecified atom stereocenters. The van der Waals surface area contributed by atoms with Crippen LogP contribution in [-0.4, -0.2) is 13.3 Å². The molecule has 132 valence electrons. The van der Waals surface area contributed by atoms with Crippen molar-refractivity contribution >= 4 is 15.8 Å². The van der Waals surface area contributed by atoms with Crippen LogP contribution in [0.3, 0.4) is 0 Å². The van der Waals surface area contributed by atoms with E-state index in [0.29, 0.717) is 0 Å². The van der Waals surface area contributed by atoms with Crippen molar-refractivity contribution in [3.63, 3.8) is 0 Å². The van der Waals surface area contributed by atoms with Gasteiger partial charge in [0.2, 0.25) is 0 Å². The largest absolute Gasteiger partial charge is 0.379 e. The fourth-order valence-electron chi connectivity index (χ4n) is 2.36. The monoisotopic (exact) mass is 369 g/mol. The van der Waals surface area contributed by atoms with Crippen LogP contribution in [-0.2, 0) is 10.1 Å². The third kappa shape index (κ3) is 3.89. The van der Waals surface area contributed by atoms with Crippen molar-refractivity contribution in [3.8, 4) is 16.9 Å². The first kappa shape index (κ1) is 17.6. The van der Waals surface area contributed by atoms with Crippen molar-refractivity contribution in [1.29, 1.82) is 0 Å². The van der Waals surface area contributed by atoms with Crippen LogP contribution in [0.15, 0.2) is 77.7 Å². The van der Waals surface area contributed by atoms with Gasteiger partial charge in [0, 0.05) is 12.1 Å². The Bertz CT molecular complexity index is 1020. The van der Waals surface area contributed by atoms with Crippen LogP contribution >= 0.6 is 0 Å². The molecule has 0 fully saturated rings. The maximum atomic E-state index is 12.3. The van der Waals surface area contributed by atoms with Crippen molar-refractivity contribution in [2.75, 3.05) is 0 Å². The third-order valence-corrected chi connectivity index (χ3v) is 5.04. The van der Waals surface area contributed by atoms with E-state index in [1.807, 2.05) is 6.92 Å². The number of hydrogen-bond donors (Lipinski definition) is 0. The van der Waals surface area contributed by atoms with E-state index in [1.54, 1.807) is 48.5 Å². The van der Waals surface area contributed by atoms with Gasteiger partial charge >= 0.3 is 10.1 Å². The van der Waals surface area contributed by atoms with E-state index in [9.17, 15) is 18.5 Å². The lowest BCUT2D eigenvalue weighted by Crippen LogP contribution is -2.09. The molecule has 0 heterocycles. The van der Waals surface area contributed by atoms with Gasteiger partial charge in [0.05, 0.1) is 4.92 Å². The molecule has 0 bridgehead atoms. The lowest BCUT2D eigenvalue weighted by Gasteiger charge is -2.08. The molecule has 7 heteroatoms. The molecular formula is C19H15NO5S. The summed E-state index contributed by atoms with van der Waals surface area (Å²) >= 11 is 0. The minimum atomic E-state index is -3.90. The van der Waals surface area contributed by atoms with Crippen molar-refractivity contribution in [2.24, 2.45) is 0 Å². The molecule has 3 rings (SSSR count). The van der Waals surface area contributed by atoms with Crippen molar-refractivity contribution in [2.45, 2.75) is 11.8 Å². The standard InChI is InChI=1S/C19H15NO5S/c1-14-2-12-19(13-3-14)26(23,24)25-18-10-6-16(7-11-18)15-4-8-17(9-5-15)20(21)22/h2-13H,1H3. The molecule has 6 nitrogen and oxygen atoms in total. The smallest absolute Gasteiger partial charge is 0.339 e. The molecule has 0 aromatic heterocycles. The van der Waals surface area contributed by atoms with Crippen LogP contribution < -0.4 is 4.18 Å². The Labute approximate surface area is 151 Å². The predicted molar refractivity (Wildman–Crippen MR) is 97.5 cm³/mol. The van der Waals surface area contributed by atoms with Gasteiger partial charge in [-0.1, -0.05) is 29.8 Å². The van der Waals surface area contributed by atoms with E-state index in [4.69, 9.17) is 4.18 Å². The van der Waals surface area contributed by atoms with Gasteiger partial charge in [-0.05, 0) is 54.4 Å². The Morgan fingerprint density at radius 1 is 0.808 bits per heavy atom. The molecule has 0 aliphatic heterocycles. The molecule has 0 saturated heterocycles. The molecule has 0 aliphatic rings. The Morgan fingerprint density at radius 3 is 1.81 bits per heavy atom. The van der Waals surface area contributed by atoms with Crippen LogP contribution in [0.25, 0.3) is 11.1 Å². The number of nitro groups is 1. The average molecular weight is 369 g/mol. The first-order chi connectivity index (χ1) is 12.3. The maximum absolute atomic E-state index is 12.3. The molecule has 0 aliphatic carbocycles. The van der Waals surface area contributed by atoms with Gasteiger partial charge in [0.1, 0.15) is 10.6 Å². The Kier molecular flexibility index (Phi) is 4.73. The van der Waals surface area contributed by atoms with E-state index in [-0.39, 0.29) is 16.3 Å². The van der Waals surface area contributed by atoms with Crippen molar-refractivity contribution in [1.82, 2.24) is 0 Å². The van der Waals surface area contributed by atoms with E-state index in [2.05, 4.69) is 0 Å². The molecule has 3 aromatic rings. The lowest BCUT2D eigenvalue weighted by atomic mass is 10.1. The van der Waals surface area contributed by atoms with Crippen LogP contribution in [0, 0.1) is 17.0 Å². The average Bonchev–Trinajstić information content (AvgIpc) is 2.62. The molecule has 0 spiro atoms. The minimum absolute atomic E-state index is 0.0119. The molecule has 0 amide bonds. The second kappa shape index (κ2) is 6.97. The zero-order chi connectivity index (χ0) is 18.7. The van der Waals surface area contributed by atoms with Gasteiger partial charge in [-0.15, -0.1) is 0 Å². The lowest BCUT2D eigenvalue weighted by molar-refractivity contribution is -0.384. The zero-order valence-corrected chi connectivity index (χ0v) is 14.6. The first-order valence-corrected chi connectivity index (χ1v) is 9.12. The highest BCUT2D eigenvalue weighted by atomic mass is 32.2. The first-order valence-electron chi connectivity index (χ1n) is 7.71. The summed E-state index contributed by atoms with van der Waals surface area (Å²) in [5, 5.41) is 10.7. The van der Waals surface area contributed by atoms with Crippen LogP contribution in [0.2, 0.25) is 0 Å². The third-order valence-electron chi connectivity index (χ3n) is 3.78. The highest BCUT2D eigenvalue weighted by molar-refractivity contribution is 7.87. The van der Waals surface area contributed by atoms with Crippen molar-refractivity contribution in [3.05, 3.63) is 88.5 Å². The fraction of sp³-hybridized carbons (Fsp3) is 0.0526. The van der Waals surface area contributed by atoms with Gasteiger partial charge in [0.15, 0.2) is 0 Å². The fourth-order valence-corrected chi connectivity index (χ4v) is 3.29. The topological polar surface area (TPSA) is 86.5 Å². The summed E-state index contributed by atoms with van der Waals surface area (Å²) in [7, 11) is -3.90. The molecule has 26 heavy (non-hydrogen) atoms. The molecule has 0 saturated carbocycles. The molecule has 0 atom stereocenters. The van der Waals surface area contributed by atoms with Crippen LogP contribution in [0.5, 0.6) is 5.75 Å². The number of aryl methyl sites for hydroxylation is 1. The van der Waals surface area contributed by atoms with E-state index in [1.165, 1.54) is 24.3 Å². The summed E-state index contributed by atoms with van der Waals surface area (Å²) in [5.74, 6) is 0.191. The van der Waals surface area contributed by atoms with E-state index in [0.717, 1.165) is 16.7 Å². The van der Waals surface area contributed by atoms with Gasteiger partial charge in [-0.3, -0.25) is 10.1 Å². The minimum Gasteiger partial charge on any atom is -0.379 e. The highest BCUT2D eigenvalue weighted by Gasteiger charge is 2.16. The van der Waals surface area contributed by atoms with Gasteiger partial charge in [-0.2, -0.15) is 8.42 Å². The Hall–Kier alpha value is -3.19. The highest BCUT2D eigenvalue weighted by Crippen LogP contribution is 2.26. The number of non-ortho nitro benzene ring substituents is 1. The molecular weight excluding hydrogens is 354 g/mol. The second-order valence-corrected chi connectivity index (χ2v) is 7.23. The molecule has 0 radical (unpaired) electrons. The molecule has 0 N–H and O–H groups in total. The summed E-state index contributed by atoms with van der Waals surface area (Å²) < 4.78 is 29.7. The second-order valence-electron chi connectivity index (χ2n) is 5.68. The Morgan fingerprint density at radius 2 is 1.31 bits per heavy atom. The number of hydrogen-bond acceptors (Lipinski definition) is 5. The summed E-state index contributed by atoms with van der Waals surface area (Å²) in [5.41, 5.74) is 2.54. The van der Waals surface area contributed by atoms with Gasteiger partial charge in [0.25, 0.3) is 5.69 Å². The van der Waals surface area contributed by atoms with Gasteiger partial charge in [-0.25, -0.2) is 0 Å².